The van der Waals surface area contributed by atoms with Gasteiger partial charge in [-0.05, 0) is 38.5 Å². The van der Waals surface area contributed by atoms with Crippen molar-refractivity contribution in [3.05, 3.63) is 59.9 Å². The van der Waals surface area contributed by atoms with Crippen molar-refractivity contribution in [3.8, 4) is 5.75 Å². The summed E-state index contributed by atoms with van der Waals surface area (Å²) in [5.41, 5.74) is 2.30. The number of para-hydroxylation sites is 1. The Labute approximate surface area is 126 Å². The van der Waals surface area contributed by atoms with E-state index in [4.69, 9.17) is 4.74 Å². The molecule has 0 bridgehead atoms. The summed E-state index contributed by atoms with van der Waals surface area (Å²) >= 11 is 0. The number of hydrogen-bond acceptors (Lipinski definition) is 3. The van der Waals surface area contributed by atoms with Crippen LogP contribution in [0.1, 0.15) is 50.4 Å². The zero-order valence-corrected chi connectivity index (χ0v) is 12.8. The van der Waals surface area contributed by atoms with Crippen LogP contribution in [0.15, 0.2) is 48.8 Å². The third-order valence-electron chi connectivity index (χ3n) is 4.01. The minimum absolute atomic E-state index is 0.152. The third kappa shape index (κ3) is 3.08. The molecule has 0 amide bonds. The first-order valence-corrected chi connectivity index (χ1v) is 7.49. The maximum atomic E-state index is 6.08. The van der Waals surface area contributed by atoms with E-state index in [0.29, 0.717) is 6.04 Å². The highest BCUT2D eigenvalue weighted by Gasteiger charge is 2.34. The fourth-order valence-corrected chi connectivity index (χ4v) is 2.98. The van der Waals surface area contributed by atoms with Crippen LogP contribution in [0.2, 0.25) is 0 Å². The standard InChI is InChI=1S/C18H22N2O/c1-13(14-7-6-10-19-12-14)20-16-11-18(2,3)21-17-9-5-4-8-15(16)17/h4-10,12-13,16,20H,11H2,1-3H3/t13-,16?/m1/s1. The van der Waals surface area contributed by atoms with Crippen molar-refractivity contribution in [2.24, 2.45) is 0 Å². The molecule has 0 aliphatic carbocycles. The molecule has 1 unspecified atom stereocenters. The molecule has 110 valence electrons. The summed E-state index contributed by atoms with van der Waals surface area (Å²) in [7, 11) is 0. The van der Waals surface area contributed by atoms with Crippen molar-refractivity contribution in [2.75, 3.05) is 0 Å². The van der Waals surface area contributed by atoms with E-state index in [-0.39, 0.29) is 11.6 Å². The summed E-state index contributed by atoms with van der Waals surface area (Å²) in [6, 6.07) is 12.9. The number of ether oxygens (including phenoxy) is 1. The number of nitrogens with zero attached hydrogens (tertiary/aromatic N) is 1. The summed E-state index contributed by atoms with van der Waals surface area (Å²) in [5, 5.41) is 3.73. The first-order chi connectivity index (χ1) is 10.1. The summed E-state index contributed by atoms with van der Waals surface area (Å²) in [6.45, 7) is 6.47. The molecule has 3 rings (SSSR count). The summed E-state index contributed by atoms with van der Waals surface area (Å²) in [4.78, 5) is 4.21. The lowest BCUT2D eigenvalue weighted by Crippen LogP contribution is -2.40. The Balaban J connectivity index is 1.85. The normalized spacial score (nSPS) is 21.2. The highest BCUT2D eigenvalue weighted by molar-refractivity contribution is 5.39. The minimum Gasteiger partial charge on any atom is -0.487 e. The molecular formula is C18H22N2O. The highest BCUT2D eigenvalue weighted by Crippen LogP contribution is 2.40. The van der Waals surface area contributed by atoms with Gasteiger partial charge in [0.15, 0.2) is 0 Å². The average molecular weight is 282 g/mol. The van der Waals surface area contributed by atoms with E-state index in [0.717, 1.165) is 12.2 Å². The van der Waals surface area contributed by atoms with Crippen LogP contribution in [0.5, 0.6) is 5.75 Å². The minimum atomic E-state index is -0.152. The molecule has 0 fully saturated rings. The Hall–Kier alpha value is -1.87. The summed E-state index contributed by atoms with van der Waals surface area (Å²) in [5.74, 6) is 0.990. The molecule has 1 aromatic carbocycles. The predicted molar refractivity (Wildman–Crippen MR) is 84.3 cm³/mol. The lowest BCUT2D eigenvalue weighted by molar-refractivity contribution is 0.0640. The molecule has 21 heavy (non-hydrogen) atoms. The largest absolute Gasteiger partial charge is 0.487 e. The smallest absolute Gasteiger partial charge is 0.124 e. The van der Waals surface area contributed by atoms with Gasteiger partial charge >= 0.3 is 0 Å². The average Bonchev–Trinajstić information content (AvgIpc) is 2.47. The fourth-order valence-electron chi connectivity index (χ4n) is 2.98. The van der Waals surface area contributed by atoms with Crippen molar-refractivity contribution in [1.29, 1.82) is 0 Å². The van der Waals surface area contributed by atoms with Crippen LogP contribution in [-0.2, 0) is 0 Å². The van der Waals surface area contributed by atoms with Crippen LogP contribution in [-0.4, -0.2) is 10.6 Å². The highest BCUT2D eigenvalue weighted by atomic mass is 16.5. The maximum absolute atomic E-state index is 6.08. The van der Waals surface area contributed by atoms with Crippen LogP contribution in [0.3, 0.4) is 0 Å². The second kappa shape index (κ2) is 5.49. The number of fused-ring (bicyclic) bond motifs is 1. The van der Waals surface area contributed by atoms with Gasteiger partial charge in [-0.25, -0.2) is 0 Å². The van der Waals surface area contributed by atoms with Gasteiger partial charge < -0.3 is 10.1 Å². The molecule has 1 aliphatic heterocycles. The molecule has 2 atom stereocenters. The molecule has 3 heteroatoms. The molecule has 3 nitrogen and oxygen atoms in total. The van der Waals surface area contributed by atoms with Gasteiger partial charge in [0.1, 0.15) is 11.4 Å². The van der Waals surface area contributed by atoms with Crippen molar-refractivity contribution in [1.82, 2.24) is 10.3 Å². The topological polar surface area (TPSA) is 34.1 Å². The number of rotatable bonds is 3. The Bertz CT molecular complexity index is 610. The Morgan fingerprint density at radius 2 is 2.05 bits per heavy atom. The maximum Gasteiger partial charge on any atom is 0.124 e. The van der Waals surface area contributed by atoms with Gasteiger partial charge in [-0.2, -0.15) is 0 Å². The van der Waals surface area contributed by atoms with E-state index < -0.39 is 0 Å². The first kappa shape index (κ1) is 14.1. The van der Waals surface area contributed by atoms with Gasteiger partial charge in [-0.3, -0.25) is 4.98 Å². The molecule has 1 N–H and O–H groups in total. The van der Waals surface area contributed by atoms with Gasteiger partial charge in [0.2, 0.25) is 0 Å². The number of pyridine rings is 1. The molecule has 0 radical (unpaired) electrons. The predicted octanol–water partition coefficient (Wildman–Crippen LogP) is 4.03. The van der Waals surface area contributed by atoms with Crippen LogP contribution >= 0.6 is 0 Å². The van der Waals surface area contributed by atoms with E-state index in [9.17, 15) is 0 Å². The van der Waals surface area contributed by atoms with Crippen molar-refractivity contribution in [3.63, 3.8) is 0 Å². The third-order valence-corrected chi connectivity index (χ3v) is 4.01. The number of benzene rings is 1. The molecule has 0 spiro atoms. The molecule has 2 heterocycles. The van der Waals surface area contributed by atoms with E-state index in [2.05, 4.69) is 55.3 Å². The molecule has 1 aliphatic rings. The summed E-state index contributed by atoms with van der Waals surface area (Å²) < 4.78 is 6.08. The van der Waals surface area contributed by atoms with E-state index in [1.807, 2.05) is 24.5 Å². The molecule has 1 aromatic heterocycles. The number of hydrogen-bond donors (Lipinski definition) is 1. The lowest BCUT2D eigenvalue weighted by atomic mass is 9.89. The summed E-state index contributed by atoms with van der Waals surface area (Å²) in [6.07, 6.45) is 4.69. The first-order valence-electron chi connectivity index (χ1n) is 7.49. The van der Waals surface area contributed by atoms with Crippen molar-refractivity contribution < 1.29 is 4.74 Å². The molecule has 0 saturated carbocycles. The van der Waals surface area contributed by atoms with E-state index >= 15 is 0 Å². The zero-order chi connectivity index (χ0) is 14.9. The Morgan fingerprint density at radius 1 is 1.24 bits per heavy atom. The van der Waals surface area contributed by atoms with E-state index in [1.54, 1.807) is 0 Å². The van der Waals surface area contributed by atoms with Gasteiger partial charge in [-0.15, -0.1) is 0 Å². The Morgan fingerprint density at radius 3 is 2.81 bits per heavy atom. The van der Waals surface area contributed by atoms with Crippen LogP contribution in [0.25, 0.3) is 0 Å². The van der Waals surface area contributed by atoms with Gasteiger partial charge in [-0.1, -0.05) is 24.3 Å². The van der Waals surface area contributed by atoms with Gasteiger partial charge in [0.25, 0.3) is 0 Å². The number of nitrogens with one attached hydrogen (secondary N) is 1. The molecular weight excluding hydrogens is 260 g/mol. The molecule has 2 aromatic rings. The number of aromatic nitrogens is 1. The quantitative estimate of drug-likeness (QED) is 0.922. The second-order valence-electron chi connectivity index (χ2n) is 6.33. The SMILES string of the molecule is C[C@@H](NC1CC(C)(C)Oc2ccccc21)c1cccnc1. The van der Waals surface area contributed by atoms with Gasteiger partial charge in [0.05, 0.1) is 0 Å². The zero-order valence-electron chi connectivity index (χ0n) is 12.8. The van der Waals surface area contributed by atoms with Crippen molar-refractivity contribution >= 4 is 0 Å². The van der Waals surface area contributed by atoms with Crippen LogP contribution in [0.4, 0.5) is 0 Å². The van der Waals surface area contributed by atoms with Crippen LogP contribution in [0, 0.1) is 0 Å². The van der Waals surface area contributed by atoms with Crippen LogP contribution < -0.4 is 10.1 Å². The fraction of sp³-hybridized carbons (Fsp3) is 0.389. The monoisotopic (exact) mass is 282 g/mol. The Kier molecular flexibility index (Phi) is 3.68. The van der Waals surface area contributed by atoms with E-state index in [1.165, 1.54) is 11.1 Å². The lowest BCUT2D eigenvalue weighted by Gasteiger charge is -2.39. The van der Waals surface area contributed by atoms with Gasteiger partial charge in [0, 0.05) is 36.5 Å². The molecule has 0 saturated heterocycles. The second-order valence-corrected chi connectivity index (χ2v) is 6.33. The van der Waals surface area contributed by atoms with Crippen molar-refractivity contribution in [2.45, 2.75) is 44.9 Å².